The Morgan fingerprint density at radius 1 is 1.05 bits per heavy atom. The molecule has 2 aromatic carbocycles. The van der Waals surface area contributed by atoms with E-state index in [4.69, 9.17) is 16.3 Å². The molecule has 1 heterocycles. The lowest BCUT2D eigenvalue weighted by atomic mass is 10.0. The second-order valence-corrected chi connectivity index (χ2v) is 5.77. The highest BCUT2D eigenvalue weighted by Crippen LogP contribution is 2.41. The van der Waals surface area contributed by atoms with Gasteiger partial charge in [0.1, 0.15) is 6.10 Å². The van der Waals surface area contributed by atoms with Gasteiger partial charge in [-0.3, -0.25) is 4.79 Å². The number of halogens is 1. The van der Waals surface area contributed by atoms with E-state index >= 15 is 0 Å². The highest BCUT2D eigenvalue weighted by Gasteiger charge is 2.46. The molecule has 0 spiro atoms. The molecule has 0 aromatic heterocycles. The van der Waals surface area contributed by atoms with Crippen LogP contribution in [0.15, 0.2) is 48.5 Å². The Morgan fingerprint density at radius 3 is 2.24 bits per heavy atom. The molecule has 2 atom stereocenters. The molecule has 2 aromatic rings. The zero-order chi connectivity index (χ0) is 15.0. The van der Waals surface area contributed by atoms with Crippen molar-refractivity contribution < 1.29 is 9.53 Å². The van der Waals surface area contributed by atoms with Gasteiger partial charge in [0.15, 0.2) is 11.9 Å². The van der Waals surface area contributed by atoms with Crippen LogP contribution in [0.4, 0.5) is 5.69 Å². The second-order valence-electron chi connectivity index (χ2n) is 5.33. The van der Waals surface area contributed by atoms with Gasteiger partial charge in [0.2, 0.25) is 0 Å². The molecular weight excluding hydrogens is 286 g/mol. The van der Waals surface area contributed by atoms with Gasteiger partial charge in [0.05, 0.1) is 0 Å². The fourth-order valence-electron chi connectivity index (χ4n) is 2.31. The Hall–Kier alpha value is -1.84. The Balaban J connectivity index is 1.71. The number of carbonyl (C=O) groups is 1. The largest absolute Gasteiger partial charge is 0.378 e. The first-order valence-electron chi connectivity index (χ1n) is 6.79. The van der Waals surface area contributed by atoms with E-state index < -0.39 is 0 Å². The normalized spacial score (nSPS) is 20.1. The fourth-order valence-corrected chi connectivity index (χ4v) is 2.43. The number of Topliss-reactive ketones (excluding diaryl/α,β-unsaturated/α-hetero) is 1. The van der Waals surface area contributed by atoms with Crippen molar-refractivity contribution in [2.24, 2.45) is 0 Å². The SMILES string of the molecule is CN(C)c1ccc(C2OC2C(=O)c2ccc(Cl)cc2)cc1. The molecule has 21 heavy (non-hydrogen) atoms. The monoisotopic (exact) mass is 301 g/mol. The van der Waals surface area contributed by atoms with Crippen LogP contribution in [-0.4, -0.2) is 26.0 Å². The summed E-state index contributed by atoms with van der Waals surface area (Å²) < 4.78 is 5.55. The molecule has 1 aliphatic heterocycles. The van der Waals surface area contributed by atoms with Gasteiger partial charge in [0.25, 0.3) is 0 Å². The van der Waals surface area contributed by atoms with Crippen molar-refractivity contribution in [1.82, 2.24) is 0 Å². The average molecular weight is 302 g/mol. The number of benzene rings is 2. The minimum absolute atomic E-state index is 0.00773. The van der Waals surface area contributed by atoms with Gasteiger partial charge < -0.3 is 9.64 Å². The summed E-state index contributed by atoms with van der Waals surface area (Å²) >= 11 is 5.83. The van der Waals surface area contributed by atoms with E-state index in [1.165, 1.54) is 0 Å². The molecule has 1 aliphatic rings. The standard InChI is InChI=1S/C17H16ClNO2/c1-19(2)14-9-5-12(6-10-14)16-17(21-16)15(20)11-3-7-13(18)8-4-11/h3-10,16-17H,1-2H3. The molecule has 1 saturated heterocycles. The number of hydrogen-bond acceptors (Lipinski definition) is 3. The molecule has 0 N–H and O–H groups in total. The van der Waals surface area contributed by atoms with E-state index in [1.54, 1.807) is 24.3 Å². The van der Waals surface area contributed by atoms with E-state index in [-0.39, 0.29) is 18.0 Å². The Labute approximate surface area is 129 Å². The van der Waals surface area contributed by atoms with Gasteiger partial charge in [-0.25, -0.2) is 0 Å². The highest BCUT2D eigenvalue weighted by molar-refractivity contribution is 6.30. The van der Waals surface area contributed by atoms with Crippen molar-refractivity contribution in [3.63, 3.8) is 0 Å². The lowest BCUT2D eigenvalue weighted by Gasteiger charge is -2.12. The van der Waals surface area contributed by atoms with Crippen molar-refractivity contribution >= 4 is 23.1 Å². The molecule has 0 aliphatic carbocycles. The predicted octanol–water partition coefficient (Wildman–Crippen LogP) is 3.73. The average Bonchev–Trinajstić information content (AvgIpc) is 3.28. The van der Waals surface area contributed by atoms with Crippen LogP contribution < -0.4 is 4.90 Å². The second kappa shape index (κ2) is 5.51. The number of ether oxygens (including phenoxy) is 1. The lowest BCUT2D eigenvalue weighted by Crippen LogP contribution is -2.09. The van der Waals surface area contributed by atoms with Crippen LogP contribution in [0, 0.1) is 0 Å². The fraction of sp³-hybridized carbons (Fsp3) is 0.235. The van der Waals surface area contributed by atoms with E-state index in [0.717, 1.165) is 11.3 Å². The number of ketones is 1. The number of carbonyl (C=O) groups excluding carboxylic acids is 1. The highest BCUT2D eigenvalue weighted by atomic mass is 35.5. The minimum Gasteiger partial charge on any atom is -0.378 e. The number of rotatable bonds is 4. The summed E-state index contributed by atoms with van der Waals surface area (Å²) in [7, 11) is 3.99. The van der Waals surface area contributed by atoms with E-state index in [0.29, 0.717) is 10.6 Å². The summed E-state index contributed by atoms with van der Waals surface area (Å²) in [6.07, 6.45) is -0.513. The number of hydrogen-bond donors (Lipinski definition) is 0. The lowest BCUT2D eigenvalue weighted by molar-refractivity contribution is 0.0953. The van der Waals surface area contributed by atoms with E-state index in [1.807, 2.05) is 43.3 Å². The molecule has 4 heteroatoms. The molecule has 3 nitrogen and oxygen atoms in total. The molecule has 3 rings (SSSR count). The van der Waals surface area contributed by atoms with Crippen molar-refractivity contribution in [1.29, 1.82) is 0 Å². The van der Waals surface area contributed by atoms with Gasteiger partial charge in [-0.05, 0) is 42.0 Å². The molecule has 0 saturated carbocycles. The molecule has 0 radical (unpaired) electrons. The van der Waals surface area contributed by atoms with Crippen molar-refractivity contribution in [2.45, 2.75) is 12.2 Å². The zero-order valence-electron chi connectivity index (χ0n) is 11.9. The van der Waals surface area contributed by atoms with Gasteiger partial charge in [0, 0.05) is 30.4 Å². The van der Waals surface area contributed by atoms with Gasteiger partial charge in [-0.2, -0.15) is 0 Å². The summed E-state index contributed by atoms with van der Waals surface area (Å²) in [6.45, 7) is 0. The minimum atomic E-state index is -0.378. The van der Waals surface area contributed by atoms with Gasteiger partial charge in [-0.1, -0.05) is 23.7 Å². The van der Waals surface area contributed by atoms with Crippen LogP contribution in [0.25, 0.3) is 0 Å². The number of anilines is 1. The summed E-state index contributed by atoms with van der Waals surface area (Å²) in [4.78, 5) is 14.3. The van der Waals surface area contributed by atoms with Crippen molar-refractivity contribution in [3.8, 4) is 0 Å². The molecule has 108 valence electrons. The molecule has 0 bridgehead atoms. The van der Waals surface area contributed by atoms with Crippen LogP contribution >= 0.6 is 11.6 Å². The third kappa shape index (κ3) is 2.94. The van der Waals surface area contributed by atoms with Gasteiger partial charge >= 0.3 is 0 Å². The number of epoxide rings is 1. The summed E-state index contributed by atoms with van der Waals surface area (Å²) in [5, 5.41) is 0.624. The van der Waals surface area contributed by atoms with Crippen LogP contribution in [-0.2, 0) is 4.74 Å². The van der Waals surface area contributed by atoms with Gasteiger partial charge in [-0.15, -0.1) is 0 Å². The summed E-state index contributed by atoms with van der Waals surface area (Å²) in [6, 6.07) is 15.0. The zero-order valence-corrected chi connectivity index (χ0v) is 12.7. The van der Waals surface area contributed by atoms with Crippen LogP contribution in [0.2, 0.25) is 5.02 Å². The van der Waals surface area contributed by atoms with Crippen LogP contribution in [0.3, 0.4) is 0 Å². The molecule has 1 fully saturated rings. The third-order valence-corrected chi connectivity index (χ3v) is 3.87. The predicted molar refractivity (Wildman–Crippen MR) is 84.2 cm³/mol. The molecule has 0 amide bonds. The van der Waals surface area contributed by atoms with Crippen molar-refractivity contribution in [3.05, 3.63) is 64.7 Å². The topological polar surface area (TPSA) is 32.8 Å². The summed E-state index contributed by atoms with van der Waals surface area (Å²) in [5.74, 6) is 0.00773. The quantitative estimate of drug-likeness (QED) is 0.637. The third-order valence-electron chi connectivity index (χ3n) is 3.62. The Bertz CT molecular complexity index is 649. The maximum atomic E-state index is 12.3. The molecular formula is C17H16ClNO2. The first-order valence-corrected chi connectivity index (χ1v) is 7.16. The Kier molecular flexibility index (Phi) is 3.70. The summed E-state index contributed by atoms with van der Waals surface area (Å²) in [5.41, 5.74) is 2.80. The van der Waals surface area contributed by atoms with E-state index in [2.05, 4.69) is 0 Å². The first-order chi connectivity index (χ1) is 10.1. The smallest absolute Gasteiger partial charge is 0.194 e. The first kappa shape index (κ1) is 14.1. The van der Waals surface area contributed by atoms with Crippen molar-refractivity contribution in [2.75, 3.05) is 19.0 Å². The number of nitrogens with zero attached hydrogens (tertiary/aromatic N) is 1. The van der Waals surface area contributed by atoms with E-state index in [9.17, 15) is 4.79 Å². The van der Waals surface area contributed by atoms with Crippen LogP contribution in [0.1, 0.15) is 22.0 Å². The Morgan fingerprint density at radius 2 is 1.67 bits per heavy atom. The van der Waals surface area contributed by atoms with Crippen LogP contribution in [0.5, 0.6) is 0 Å². The molecule has 2 unspecified atom stereocenters. The maximum absolute atomic E-state index is 12.3. The maximum Gasteiger partial charge on any atom is 0.194 e.